The van der Waals surface area contributed by atoms with Crippen LogP contribution >= 0.6 is 24.0 Å². The fourth-order valence-electron chi connectivity index (χ4n) is 2.46. The first-order valence-electron chi connectivity index (χ1n) is 7.53. The summed E-state index contributed by atoms with van der Waals surface area (Å²) in [6, 6.07) is 14.4. The van der Waals surface area contributed by atoms with E-state index in [0.29, 0.717) is 26.2 Å². The molecular formula is C19H15NO3S2. The zero-order chi connectivity index (χ0) is 18.0. The second-order valence-corrected chi connectivity index (χ2v) is 7.04. The first kappa shape index (κ1) is 17.4. The van der Waals surface area contributed by atoms with Gasteiger partial charge in [-0.05, 0) is 30.7 Å². The highest BCUT2D eigenvalue weighted by atomic mass is 32.2. The number of hydrogen-bond acceptors (Lipinski definition) is 5. The third-order valence-electron chi connectivity index (χ3n) is 3.73. The number of methoxy groups -OCH3 is 1. The van der Waals surface area contributed by atoms with Crippen LogP contribution in [-0.4, -0.2) is 23.1 Å². The Morgan fingerprint density at radius 3 is 2.48 bits per heavy atom. The maximum atomic E-state index is 12.8. The molecule has 0 aromatic heterocycles. The molecule has 6 heteroatoms. The van der Waals surface area contributed by atoms with E-state index in [1.54, 1.807) is 37.5 Å². The number of hydrogen-bond donors (Lipinski definition) is 0. The Bertz CT molecular complexity index is 888. The van der Waals surface area contributed by atoms with E-state index < -0.39 is 0 Å². The van der Waals surface area contributed by atoms with Gasteiger partial charge < -0.3 is 4.74 Å². The van der Waals surface area contributed by atoms with Gasteiger partial charge in [0.15, 0.2) is 10.1 Å². The highest BCUT2D eigenvalue weighted by molar-refractivity contribution is 8.27. The van der Waals surface area contributed by atoms with Gasteiger partial charge in [0, 0.05) is 5.56 Å². The average Bonchev–Trinajstić information content (AvgIpc) is 2.89. The molecule has 1 aliphatic rings. The van der Waals surface area contributed by atoms with Crippen LogP contribution in [0.1, 0.15) is 22.8 Å². The number of rotatable bonds is 4. The summed E-state index contributed by atoms with van der Waals surface area (Å²) in [6.07, 6.45) is 1.78. The molecule has 0 saturated carbocycles. The van der Waals surface area contributed by atoms with Crippen molar-refractivity contribution in [3.63, 3.8) is 0 Å². The van der Waals surface area contributed by atoms with E-state index in [2.05, 4.69) is 0 Å². The lowest BCUT2D eigenvalue weighted by molar-refractivity contribution is -0.113. The molecule has 4 nitrogen and oxygen atoms in total. The smallest absolute Gasteiger partial charge is 0.270 e. The third kappa shape index (κ3) is 3.50. The van der Waals surface area contributed by atoms with Crippen molar-refractivity contribution in [2.24, 2.45) is 0 Å². The van der Waals surface area contributed by atoms with E-state index in [9.17, 15) is 9.59 Å². The van der Waals surface area contributed by atoms with E-state index in [1.807, 2.05) is 24.3 Å². The minimum absolute atomic E-state index is 0.00838. The van der Waals surface area contributed by atoms with Crippen molar-refractivity contribution in [2.75, 3.05) is 12.0 Å². The van der Waals surface area contributed by atoms with Crippen LogP contribution in [0.25, 0.3) is 6.08 Å². The van der Waals surface area contributed by atoms with Gasteiger partial charge in [0.25, 0.3) is 5.91 Å². The van der Waals surface area contributed by atoms with E-state index in [4.69, 9.17) is 17.0 Å². The van der Waals surface area contributed by atoms with Gasteiger partial charge in [-0.3, -0.25) is 14.5 Å². The van der Waals surface area contributed by atoms with E-state index >= 15 is 0 Å². The average molecular weight is 369 g/mol. The predicted molar refractivity (Wildman–Crippen MR) is 105 cm³/mol. The van der Waals surface area contributed by atoms with Gasteiger partial charge >= 0.3 is 0 Å². The maximum absolute atomic E-state index is 12.8. The number of ether oxygens (including phenoxy) is 1. The summed E-state index contributed by atoms with van der Waals surface area (Å²) in [5.41, 5.74) is 2.10. The Morgan fingerprint density at radius 1 is 1.16 bits per heavy atom. The molecule has 126 valence electrons. The van der Waals surface area contributed by atoms with Crippen LogP contribution in [-0.2, 0) is 4.79 Å². The van der Waals surface area contributed by atoms with Crippen molar-refractivity contribution in [1.29, 1.82) is 0 Å². The monoisotopic (exact) mass is 369 g/mol. The molecule has 0 N–H and O–H groups in total. The number of thiocarbonyl (C=S) groups is 1. The predicted octanol–water partition coefficient (Wildman–Crippen LogP) is 4.30. The van der Waals surface area contributed by atoms with Crippen molar-refractivity contribution in [3.8, 4) is 5.75 Å². The minimum atomic E-state index is -0.185. The number of nitrogens with zero attached hydrogens (tertiary/aromatic N) is 1. The van der Waals surface area contributed by atoms with Gasteiger partial charge in [0.05, 0.1) is 17.7 Å². The second-order valence-electron chi connectivity index (χ2n) is 5.37. The van der Waals surface area contributed by atoms with E-state index in [1.165, 1.54) is 23.6 Å². The molecule has 1 aliphatic heterocycles. The summed E-state index contributed by atoms with van der Waals surface area (Å²) in [7, 11) is 1.56. The SMILES string of the molecule is COc1ccccc1N1C(=O)/C(=C/c2ccc(C(C)=O)cc2)SC1=S. The summed E-state index contributed by atoms with van der Waals surface area (Å²) < 4.78 is 5.79. The summed E-state index contributed by atoms with van der Waals surface area (Å²) in [4.78, 5) is 26.2. The Morgan fingerprint density at radius 2 is 1.84 bits per heavy atom. The first-order chi connectivity index (χ1) is 12.0. The molecule has 1 heterocycles. The summed E-state index contributed by atoms with van der Waals surface area (Å²) in [5.74, 6) is 0.412. The van der Waals surface area contributed by atoms with Crippen molar-refractivity contribution in [3.05, 3.63) is 64.6 Å². The standard InChI is InChI=1S/C19H15NO3S2/c1-12(21)14-9-7-13(8-10-14)11-17-18(22)20(19(24)25-17)15-5-3-4-6-16(15)23-2/h3-11H,1-2H3/b17-11-. The Labute approximate surface area is 155 Å². The van der Waals surface area contributed by atoms with Gasteiger partial charge in [0.1, 0.15) is 5.75 Å². The van der Waals surface area contributed by atoms with Crippen molar-refractivity contribution >= 4 is 51.8 Å². The molecule has 25 heavy (non-hydrogen) atoms. The molecule has 2 aromatic carbocycles. The number of para-hydroxylation sites is 2. The molecule has 1 saturated heterocycles. The van der Waals surface area contributed by atoms with Crippen LogP contribution in [0.15, 0.2) is 53.4 Å². The number of thioether (sulfide) groups is 1. The van der Waals surface area contributed by atoms with Crippen molar-refractivity contribution < 1.29 is 14.3 Å². The van der Waals surface area contributed by atoms with Crippen LogP contribution in [0.2, 0.25) is 0 Å². The number of carbonyl (C=O) groups excluding carboxylic acids is 2. The van der Waals surface area contributed by atoms with Crippen LogP contribution in [0.3, 0.4) is 0 Å². The topological polar surface area (TPSA) is 46.6 Å². The number of carbonyl (C=O) groups is 2. The second kappa shape index (κ2) is 7.21. The molecule has 0 radical (unpaired) electrons. The fraction of sp³-hybridized carbons (Fsp3) is 0.105. The summed E-state index contributed by atoms with van der Waals surface area (Å²) in [5, 5.41) is 0. The molecule has 1 fully saturated rings. The zero-order valence-electron chi connectivity index (χ0n) is 13.7. The van der Waals surface area contributed by atoms with Gasteiger partial charge in [-0.1, -0.05) is 60.4 Å². The van der Waals surface area contributed by atoms with Crippen LogP contribution in [0.5, 0.6) is 5.75 Å². The van der Waals surface area contributed by atoms with E-state index in [0.717, 1.165) is 5.56 Å². The highest BCUT2D eigenvalue weighted by Gasteiger charge is 2.34. The largest absolute Gasteiger partial charge is 0.495 e. The molecule has 0 spiro atoms. The normalized spacial score (nSPS) is 15.8. The Balaban J connectivity index is 1.92. The van der Waals surface area contributed by atoms with E-state index in [-0.39, 0.29) is 11.7 Å². The molecule has 0 bridgehead atoms. The van der Waals surface area contributed by atoms with Gasteiger partial charge in [-0.25, -0.2) is 0 Å². The lowest BCUT2D eigenvalue weighted by Gasteiger charge is -2.17. The Kier molecular flexibility index (Phi) is 5.01. The minimum Gasteiger partial charge on any atom is -0.495 e. The van der Waals surface area contributed by atoms with Crippen molar-refractivity contribution in [2.45, 2.75) is 6.92 Å². The molecular weight excluding hydrogens is 354 g/mol. The van der Waals surface area contributed by atoms with Crippen LogP contribution < -0.4 is 9.64 Å². The molecule has 0 aliphatic carbocycles. The lowest BCUT2D eigenvalue weighted by atomic mass is 10.1. The number of ketones is 1. The number of anilines is 1. The fourth-order valence-corrected chi connectivity index (χ4v) is 3.74. The molecule has 1 amide bonds. The van der Waals surface area contributed by atoms with Crippen LogP contribution in [0.4, 0.5) is 5.69 Å². The van der Waals surface area contributed by atoms with Gasteiger partial charge in [-0.2, -0.15) is 0 Å². The lowest BCUT2D eigenvalue weighted by Crippen LogP contribution is -2.27. The van der Waals surface area contributed by atoms with Gasteiger partial charge in [-0.15, -0.1) is 0 Å². The van der Waals surface area contributed by atoms with Crippen molar-refractivity contribution in [1.82, 2.24) is 0 Å². The number of benzene rings is 2. The molecule has 2 aromatic rings. The maximum Gasteiger partial charge on any atom is 0.270 e. The third-order valence-corrected chi connectivity index (χ3v) is 5.04. The summed E-state index contributed by atoms with van der Waals surface area (Å²) >= 11 is 6.63. The summed E-state index contributed by atoms with van der Waals surface area (Å²) in [6.45, 7) is 1.52. The zero-order valence-corrected chi connectivity index (χ0v) is 15.3. The van der Waals surface area contributed by atoms with Gasteiger partial charge in [0.2, 0.25) is 0 Å². The quantitative estimate of drug-likeness (QED) is 0.457. The number of Topliss-reactive ketones (excluding diaryl/α,β-unsaturated/α-hetero) is 1. The highest BCUT2D eigenvalue weighted by Crippen LogP contribution is 2.39. The molecule has 0 unspecified atom stereocenters. The first-order valence-corrected chi connectivity index (χ1v) is 8.75. The Hall–Kier alpha value is -2.44. The molecule has 0 atom stereocenters. The van der Waals surface area contributed by atoms with Crippen LogP contribution in [0, 0.1) is 0 Å². The number of amides is 1. The molecule has 3 rings (SSSR count).